The topological polar surface area (TPSA) is 153 Å². The number of nitrogen functional groups attached to an aromatic ring is 1. The van der Waals surface area contributed by atoms with Gasteiger partial charge >= 0.3 is 17.8 Å². The smallest absolute Gasteiger partial charge is 0.429 e. The molecule has 0 aromatic carbocycles. The van der Waals surface area contributed by atoms with Crippen LogP contribution in [0, 0.1) is 10.1 Å². The summed E-state index contributed by atoms with van der Waals surface area (Å²) in [5.74, 6) is -0.570. The first-order chi connectivity index (χ1) is 18.0. The van der Waals surface area contributed by atoms with Crippen LogP contribution in [-0.4, -0.2) is 68.2 Å². The Morgan fingerprint density at radius 3 is 2.61 bits per heavy atom. The van der Waals surface area contributed by atoms with E-state index in [9.17, 15) is 14.9 Å². The number of nitrogens with two attached hydrogens (primary N) is 1. The third-order valence-electron chi connectivity index (χ3n) is 5.85. The van der Waals surface area contributed by atoms with E-state index in [0.717, 1.165) is 43.0 Å². The van der Waals surface area contributed by atoms with Gasteiger partial charge in [0.25, 0.3) is 0 Å². The lowest BCUT2D eigenvalue weighted by Gasteiger charge is -2.33. The number of carbonyl (C=O) groups is 1. The Hall–Kier alpha value is -3.74. The van der Waals surface area contributed by atoms with Gasteiger partial charge in [-0.2, -0.15) is 9.97 Å². The molecule has 13 heteroatoms. The van der Waals surface area contributed by atoms with Crippen LogP contribution in [0.5, 0.6) is 6.01 Å². The van der Waals surface area contributed by atoms with Crippen LogP contribution in [0.25, 0.3) is 0 Å². The molecule has 0 radical (unpaired) electrons. The molecule has 1 saturated heterocycles. The quantitative estimate of drug-likeness (QED) is 0.255. The molecule has 1 aliphatic rings. The van der Waals surface area contributed by atoms with E-state index >= 15 is 0 Å². The highest BCUT2D eigenvalue weighted by Gasteiger charge is 2.34. The van der Waals surface area contributed by atoms with Gasteiger partial charge in [0.15, 0.2) is 0 Å². The van der Waals surface area contributed by atoms with Crippen molar-refractivity contribution < 1.29 is 19.2 Å². The van der Waals surface area contributed by atoms with Gasteiger partial charge in [0.05, 0.1) is 23.8 Å². The number of pyridine rings is 1. The van der Waals surface area contributed by atoms with Crippen LogP contribution >= 0.6 is 0 Å². The predicted octanol–water partition coefficient (Wildman–Crippen LogP) is 3.93. The van der Waals surface area contributed by atoms with E-state index in [-0.39, 0.29) is 24.2 Å². The van der Waals surface area contributed by atoms with Crippen molar-refractivity contribution in [3.63, 3.8) is 0 Å². The van der Waals surface area contributed by atoms with Gasteiger partial charge in [0, 0.05) is 19.8 Å². The summed E-state index contributed by atoms with van der Waals surface area (Å²) in [6.45, 7) is 10.3. The Balaban J connectivity index is 2.03. The number of likely N-dealkylation sites (tertiary alicyclic amines) is 1. The molecule has 2 N–H and O–H groups in total. The third-order valence-corrected chi connectivity index (χ3v) is 5.85. The van der Waals surface area contributed by atoms with E-state index in [1.165, 1.54) is 24.9 Å². The lowest BCUT2D eigenvalue weighted by atomic mass is 10.2. The molecule has 0 spiro atoms. The lowest BCUT2D eigenvalue weighted by Crippen LogP contribution is -2.46. The Bertz CT molecular complexity index is 1120. The molecule has 0 unspecified atom stereocenters. The first kappa shape index (κ1) is 28.8. The van der Waals surface area contributed by atoms with Crippen molar-refractivity contribution in [2.45, 2.75) is 72.1 Å². The molecule has 3 heterocycles. The summed E-state index contributed by atoms with van der Waals surface area (Å²) in [4.78, 5) is 39.6. The largest absolute Gasteiger partial charge is 0.463 e. The molecule has 208 valence electrons. The Kier molecular flexibility index (Phi) is 9.61. The van der Waals surface area contributed by atoms with Crippen LogP contribution in [0.4, 0.5) is 22.1 Å². The monoisotopic (exact) mass is 530 g/mol. The van der Waals surface area contributed by atoms with Crippen LogP contribution in [-0.2, 0) is 17.8 Å². The molecule has 0 bridgehead atoms. The zero-order valence-corrected chi connectivity index (χ0v) is 22.8. The minimum absolute atomic E-state index is 0.0186. The first-order valence-corrected chi connectivity index (χ1v) is 12.8. The summed E-state index contributed by atoms with van der Waals surface area (Å²) in [7, 11) is 1.45. The molecule has 1 amide bonds. The van der Waals surface area contributed by atoms with Crippen LogP contribution in [0.15, 0.2) is 18.3 Å². The zero-order valence-electron chi connectivity index (χ0n) is 22.8. The Morgan fingerprint density at radius 1 is 1.26 bits per heavy atom. The van der Waals surface area contributed by atoms with E-state index in [1.54, 1.807) is 27.0 Å². The van der Waals surface area contributed by atoms with Crippen molar-refractivity contribution in [3.8, 4) is 6.01 Å². The molecule has 2 aromatic heterocycles. The fraction of sp³-hybridized carbons (Fsp3) is 0.600. The highest BCUT2D eigenvalue weighted by atomic mass is 16.6. The molecular weight excluding hydrogens is 492 g/mol. The van der Waals surface area contributed by atoms with Crippen molar-refractivity contribution in [2.24, 2.45) is 0 Å². The van der Waals surface area contributed by atoms with Crippen molar-refractivity contribution in [1.82, 2.24) is 24.9 Å². The molecule has 0 atom stereocenters. The van der Waals surface area contributed by atoms with Crippen molar-refractivity contribution in [2.75, 3.05) is 37.5 Å². The number of unbranched alkanes of at least 4 members (excludes halogenated alkanes) is 1. The maximum absolute atomic E-state index is 13.1. The minimum Gasteiger partial charge on any atom is -0.463 e. The number of carbonyl (C=O) groups excluding carboxylic acids is 1. The van der Waals surface area contributed by atoms with Gasteiger partial charge in [-0.15, -0.1) is 0 Å². The highest BCUT2D eigenvalue weighted by molar-refractivity contribution is 5.75. The number of rotatable bonds is 11. The number of hydrogen-bond acceptors (Lipinski definition) is 11. The molecule has 38 heavy (non-hydrogen) atoms. The second-order valence-corrected chi connectivity index (χ2v) is 10.2. The lowest BCUT2D eigenvalue weighted by molar-refractivity contribution is -0.383. The molecule has 13 nitrogen and oxygen atoms in total. The number of anilines is 2. The zero-order chi connectivity index (χ0) is 27.9. The van der Waals surface area contributed by atoms with E-state index in [2.05, 4.69) is 19.9 Å². The van der Waals surface area contributed by atoms with Gasteiger partial charge < -0.3 is 15.2 Å². The van der Waals surface area contributed by atoms with Gasteiger partial charge in [-0.25, -0.2) is 9.80 Å². The maximum atomic E-state index is 13.1. The first-order valence-electron chi connectivity index (χ1n) is 12.8. The van der Waals surface area contributed by atoms with E-state index < -0.39 is 22.3 Å². The molecule has 3 rings (SSSR count). The summed E-state index contributed by atoms with van der Waals surface area (Å²) >= 11 is 0. The van der Waals surface area contributed by atoms with E-state index in [1.807, 2.05) is 19.1 Å². The van der Waals surface area contributed by atoms with Crippen LogP contribution < -0.4 is 15.5 Å². The number of amides is 1. The SMILES string of the molecule is CCCCOc1nc(N)c([N+](=O)[O-])c(N(Cc2cc(CN3CCCC3)ccn2)N(C)C(=O)OC(C)(C)C)n1. The normalized spacial score (nSPS) is 13.8. The van der Waals surface area contributed by atoms with Gasteiger partial charge in [-0.1, -0.05) is 13.3 Å². The van der Waals surface area contributed by atoms with Gasteiger partial charge in [0.1, 0.15) is 5.60 Å². The van der Waals surface area contributed by atoms with Crippen molar-refractivity contribution in [3.05, 3.63) is 39.7 Å². The van der Waals surface area contributed by atoms with Gasteiger partial charge in [0.2, 0.25) is 11.6 Å². The number of nitrogens with zero attached hydrogens (tertiary/aromatic N) is 7. The second-order valence-electron chi connectivity index (χ2n) is 10.2. The Morgan fingerprint density at radius 2 is 1.97 bits per heavy atom. The number of aromatic nitrogens is 3. The summed E-state index contributed by atoms with van der Waals surface area (Å²) in [6, 6.07) is 3.74. The molecule has 1 aliphatic heterocycles. The van der Waals surface area contributed by atoms with Gasteiger partial charge in [-0.3, -0.25) is 25.0 Å². The molecular formula is C25H38N8O5. The standard InChI is InChI=1S/C25H38N8O5/c1-6-7-14-37-23-28-21(26)20(33(35)36)22(29-23)32(30(5)24(34)38-25(2,3)4)17-19-15-18(10-11-27-19)16-31-12-8-9-13-31/h10-11,15H,6-9,12-14,16-17H2,1-5H3,(H2,26,28,29). The van der Waals surface area contributed by atoms with E-state index in [0.29, 0.717) is 12.3 Å². The third kappa shape index (κ3) is 7.88. The number of ether oxygens (including phenoxy) is 2. The van der Waals surface area contributed by atoms with Crippen LogP contribution in [0.1, 0.15) is 64.6 Å². The highest BCUT2D eigenvalue weighted by Crippen LogP contribution is 2.34. The molecule has 2 aromatic rings. The average molecular weight is 531 g/mol. The second kappa shape index (κ2) is 12.7. The summed E-state index contributed by atoms with van der Waals surface area (Å²) in [5.41, 5.74) is 6.29. The van der Waals surface area contributed by atoms with Crippen LogP contribution in [0.2, 0.25) is 0 Å². The molecule has 0 aliphatic carbocycles. The summed E-state index contributed by atoms with van der Waals surface area (Å²) in [6.07, 6.45) is 4.93. The average Bonchev–Trinajstić information content (AvgIpc) is 3.34. The van der Waals surface area contributed by atoms with Crippen molar-refractivity contribution in [1.29, 1.82) is 0 Å². The number of nitro groups is 1. The van der Waals surface area contributed by atoms with Gasteiger partial charge in [-0.05, 0) is 70.8 Å². The molecule has 1 fully saturated rings. The fourth-order valence-corrected chi connectivity index (χ4v) is 3.98. The summed E-state index contributed by atoms with van der Waals surface area (Å²) < 4.78 is 11.1. The predicted molar refractivity (Wildman–Crippen MR) is 142 cm³/mol. The van der Waals surface area contributed by atoms with E-state index in [4.69, 9.17) is 15.2 Å². The summed E-state index contributed by atoms with van der Waals surface area (Å²) in [5, 5.41) is 14.5. The van der Waals surface area contributed by atoms with Crippen molar-refractivity contribution >= 4 is 23.4 Å². The molecule has 0 saturated carbocycles. The maximum Gasteiger partial charge on any atom is 0.429 e. The van der Waals surface area contributed by atoms with Crippen LogP contribution in [0.3, 0.4) is 0 Å². The number of hydrogen-bond donors (Lipinski definition) is 1. The Labute approximate surface area is 223 Å². The minimum atomic E-state index is -0.796. The number of hydrazine groups is 1. The fourth-order valence-electron chi connectivity index (χ4n) is 3.98.